The lowest BCUT2D eigenvalue weighted by Gasteiger charge is -2.15. The fourth-order valence-electron chi connectivity index (χ4n) is 2.72. The smallest absolute Gasteiger partial charge is 0.336 e. The fraction of sp³-hybridized carbons (Fsp3) is 0.222. The van der Waals surface area contributed by atoms with Crippen molar-refractivity contribution in [3.63, 3.8) is 0 Å². The number of amides is 3. The third-order valence-electron chi connectivity index (χ3n) is 4.10. The number of anilines is 2. The molecule has 2 aromatic rings. The van der Waals surface area contributed by atoms with Gasteiger partial charge in [-0.25, -0.2) is 4.79 Å². The Hall–Kier alpha value is -3.03. The lowest BCUT2D eigenvalue weighted by Crippen LogP contribution is -2.27. The van der Waals surface area contributed by atoms with Gasteiger partial charge < -0.3 is 10.6 Å². The Morgan fingerprint density at radius 1 is 1.15 bits per heavy atom. The maximum Gasteiger partial charge on any atom is 0.416 e. The highest BCUT2D eigenvalue weighted by molar-refractivity contribution is 6.04. The highest BCUT2D eigenvalue weighted by Crippen LogP contribution is 2.33. The molecule has 1 aliphatic rings. The van der Waals surface area contributed by atoms with Gasteiger partial charge in [0.05, 0.1) is 5.56 Å². The van der Waals surface area contributed by atoms with Crippen LogP contribution in [0.2, 0.25) is 0 Å². The van der Waals surface area contributed by atoms with Crippen LogP contribution in [0.1, 0.15) is 21.5 Å². The number of aryl methyl sites for hydroxylation is 1. The molecular formula is C18H16F3N3O2. The molecule has 26 heavy (non-hydrogen) atoms. The number of nitrogens with one attached hydrogen (secondary N) is 2. The van der Waals surface area contributed by atoms with Crippen LogP contribution in [0.5, 0.6) is 0 Å². The molecule has 136 valence electrons. The predicted molar refractivity (Wildman–Crippen MR) is 91.3 cm³/mol. The zero-order valence-corrected chi connectivity index (χ0v) is 13.9. The maximum absolute atomic E-state index is 13.0. The molecule has 0 spiro atoms. The molecule has 2 aromatic carbocycles. The lowest BCUT2D eigenvalue weighted by atomic mass is 10.1. The Bertz CT molecular complexity index is 848. The molecule has 1 aliphatic heterocycles. The Morgan fingerprint density at radius 2 is 1.85 bits per heavy atom. The van der Waals surface area contributed by atoms with Gasteiger partial charge in [-0.3, -0.25) is 9.69 Å². The van der Waals surface area contributed by atoms with Gasteiger partial charge in [0.15, 0.2) is 0 Å². The zero-order chi connectivity index (χ0) is 18.9. The molecule has 1 saturated heterocycles. The molecule has 0 radical (unpaired) electrons. The van der Waals surface area contributed by atoms with Crippen molar-refractivity contribution in [3.8, 4) is 0 Å². The van der Waals surface area contributed by atoms with Crippen LogP contribution in [0.25, 0.3) is 0 Å². The molecule has 0 bridgehead atoms. The quantitative estimate of drug-likeness (QED) is 0.871. The minimum atomic E-state index is -4.48. The van der Waals surface area contributed by atoms with Gasteiger partial charge in [0.1, 0.15) is 0 Å². The lowest BCUT2D eigenvalue weighted by molar-refractivity contribution is -0.138. The number of halogens is 3. The first-order valence-corrected chi connectivity index (χ1v) is 7.90. The third kappa shape index (κ3) is 3.63. The van der Waals surface area contributed by atoms with E-state index < -0.39 is 17.6 Å². The first-order valence-electron chi connectivity index (χ1n) is 7.90. The number of hydrogen-bond donors (Lipinski definition) is 2. The summed E-state index contributed by atoms with van der Waals surface area (Å²) >= 11 is 0. The molecule has 5 nitrogen and oxygen atoms in total. The van der Waals surface area contributed by atoms with E-state index in [0.717, 1.165) is 6.07 Å². The van der Waals surface area contributed by atoms with Crippen molar-refractivity contribution in [3.05, 3.63) is 59.2 Å². The van der Waals surface area contributed by atoms with Crippen molar-refractivity contribution in [2.45, 2.75) is 13.1 Å². The van der Waals surface area contributed by atoms with Crippen molar-refractivity contribution in [2.24, 2.45) is 0 Å². The average molecular weight is 363 g/mol. The van der Waals surface area contributed by atoms with E-state index >= 15 is 0 Å². The number of rotatable bonds is 3. The molecule has 0 atom stereocenters. The number of benzene rings is 2. The summed E-state index contributed by atoms with van der Waals surface area (Å²) in [5, 5.41) is 5.14. The molecule has 2 N–H and O–H groups in total. The van der Waals surface area contributed by atoms with E-state index in [4.69, 9.17) is 0 Å². The number of nitrogens with zero attached hydrogens (tertiary/aromatic N) is 1. The average Bonchev–Trinajstić information content (AvgIpc) is 3.01. The summed E-state index contributed by atoms with van der Waals surface area (Å²) in [7, 11) is 0. The number of carbonyl (C=O) groups is 2. The fourth-order valence-corrected chi connectivity index (χ4v) is 2.72. The van der Waals surface area contributed by atoms with Crippen molar-refractivity contribution in [1.82, 2.24) is 5.32 Å². The molecule has 0 aliphatic carbocycles. The highest BCUT2D eigenvalue weighted by Gasteiger charge is 2.32. The standard InChI is InChI=1S/C18H16F3N3O2/c1-11-2-5-13(10-15(11)18(19,20)21)23-16(25)12-3-6-14(7-4-12)24-9-8-22-17(24)26/h2-7,10H,8-9H2,1H3,(H,22,26)(H,23,25). The van der Waals surface area contributed by atoms with Crippen LogP contribution in [0.3, 0.4) is 0 Å². The largest absolute Gasteiger partial charge is 0.416 e. The second-order valence-electron chi connectivity index (χ2n) is 5.91. The Kier molecular flexibility index (Phi) is 4.58. The molecule has 0 aromatic heterocycles. The van der Waals surface area contributed by atoms with Crippen LogP contribution < -0.4 is 15.5 Å². The van der Waals surface area contributed by atoms with Gasteiger partial charge in [0.25, 0.3) is 5.91 Å². The van der Waals surface area contributed by atoms with E-state index in [1.165, 1.54) is 36.1 Å². The molecule has 8 heteroatoms. The molecule has 3 rings (SSSR count). The van der Waals surface area contributed by atoms with Gasteiger partial charge in [-0.1, -0.05) is 6.07 Å². The molecule has 1 heterocycles. The second kappa shape index (κ2) is 6.70. The number of alkyl halides is 3. The highest BCUT2D eigenvalue weighted by atomic mass is 19.4. The molecule has 0 unspecified atom stereocenters. The van der Waals surface area contributed by atoms with E-state index in [9.17, 15) is 22.8 Å². The van der Waals surface area contributed by atoms with Crippen LogP contribution in [-0.2, 0) is 6.18 Å². The minimum Gasteiger partial charge on any atom is -0.336 e. The SMILES string of the molecule is Cc1ccc(NC(=O)c2ccc(N3CCNC3=O)cc2)cc1C(F)(F)F. The monoisotopic (exact) mass is 363 g/mol. The second-order valence-corrected chi connectivity index (χ2v) is 5.91. The number of carbonyl (C=O) groups excluding carboxylic acids is 2. The summed E-state index contributed by atoms with van der Waals surface area (Å²) < 4.78 is 38.9. The van der Waals surface area contributed by atoms with Gasteiger partial charge in [-0.15, -0.1) is 0 Å². The summed E-state index contributed by atoms with van der Waals surface area (Å²) in [6.07, 6.45) is -4.48. The van der Waals surface area contributed by atoms with Crippen molar-refractivity contribution in [1.29, 1.82) is 0 Å². The van der Waals surface area contributed by atoms with Crippen molar-refractivity contribution in [2.75, 3.05) is 23.3 Å². The summed E-state index contributed by atoms with van der Waals surface area (Å²) in [5.74, 6) is -0.528. The normalized spacial score (nSPS) is 14.3. The topological polar surface area (TPSA) is 61.4 Å². The van der Waals surface area contributed by atoms with E-state index in [1.807, 2.05) is 0 Å². The molecule has 3 amide bonds. The zero-order valence-electron chi connectivity index (χ0n) is 13.9. The van der Waals surface area contributed by atoms with Crippen molar-refractivity contribution < 1.29 is 22.8 Å². The van der Waals surface area contributed by atoms with E-state index in [-0.39, 0.29) is 22.8 Å². The Balaban J connectivity index is 1.75. The summed E-state index contributed by atoms with van der Waals surface area (Å²) in [5.41, 5.74) is 0.291. The van der Waals surface area contributed by atoms with E-state index in [0.29, 0.717) is 18.8 Å². The summed E-state index contributed by atoms with van der Waals surface area (Å²) in [6.45, 7) is 2.45. The Labute approximate surface area is 147 Å². The molecule has 0 saturated carbocycles. The third-order valence-corrected chi connectivity index (χ3v) is 4.10. The first-order chi connectivity index (χ1) is 12.3. The Morgan fingerprint density at radius 3 is 2.42 bits per heavy atom. The van der Waals surface area contributed by atoms with Gasteiger partial charge in [0, 0.05) is 30.0 Å². The predicted octanol–water partition coefficient (Wildman–Crippen LogP) is 3.80. The van der Waals surface area contributed by atoms with Gasteiger partial charge >= 0.3 is 12.2 Å². The maximum atomic E-state index is 13.0. The van der Waals surface area contributed by atoms with Gasteiger partial charge in [-0.05, 0) is 48.9 Å². The number of hydrogen-bond acceptors (Lipinski definition) is 2. The van der Waals surface area contributed by atoms with Crippen LogP contribution >= 0.6 is 0 Å². The molecule has 1 fully saturated rings. The van der Waals surface area contributed by atoms with Crippen LogP contribution in [0.4, 0.5) is 29.3 Å². The van der Waals surface area contributed by atoms with Crippen LogP contribution in [0, 0.1) is 6.92 Å². The first kappa shape index (κ1) is 17.8. The van der Waals surface area contributed by atoms with E-state index in [2.05, 4.69) is 10.6 Å². The van der Waals surface area contributed by atoms with Gasteiger partial charge in [-0.2, -0.15) is 13.2 Å². The van der Waals surface area contributed by atoms with Gasteiger partial charge in [0.2, 0.25) is 0 Å². The van der Waals surface area contributed by atoms with E-state index in [1.54, 1.807) is 12.1 Å². The van der Waals surface area contributed by atoms with Crippen LogP contribution in [-0.4, -0.2) is 25.0 Å². The van der Waals surface area contributed by atoms with Crippen molar-refractivity contribution >= 4 is 23.3 Å². The summed E-state index contributed by atoms with van der Waals surface area (Å²) in [6, 6.07) is 9.73. The number of urea groups is 1. The minimum absolute atomic E-state index is 0.0657. The summed E-state index contributed by atoms with van der Waals surface area (Å²) in [4.78, 5) is 25.4. The van der Waals surface area contributed by atoms with Crippen LogP contribution in [0.15, 0.2) is 42.5 Å². The molecular weight excluding hydrogens is 347 g/mol.